The van der Waals surface area contributed by atoms with Gasteiger partial charge in [-0.25, -0.2) is 0 Å². The first-order valence-electron chi connectivity index (χ1n) is 6.21. The van der Waals surface area contributed by atoms with Crippen LogP contribution < -0.4 is 15.4 Å². The monoisotopic (exact) mass is 354 g/mol. The van der Waals surface area contributed by atoms with Crippen molar-refractivity contribution >= 4 is 52.1 Å². The first-order chi connectivity index (χ1) is 10.5. The Hall–Kier alpha value is -1.82. The number of carbonyl (C=O) groups excluding carboxylic acids is 1. The molecule has 2 N–H and O–H groups in total. The highest BCUT2D eigenvalue weighted by Crippen LogP contribution is 2.22. The van der Waals surface area contributed by atoms with E-state index in [1.54, 1.807) is 43.5 Å². The molecule has 114 valence electrons. The quantitative estimate of drug-likeness (QED) is 0.813. The maximum atomic E-state index is 12.0. The summed E-state index contributed by atoms with van der Waals surface area (Å²) < 4.78 is 5.06. The van der Waals surface area contributed by atoms with Crippen molar-refractivity contribution in [3.05, 3.63) is 58.1 Å². The second kappa shape index (κ2) is 7.45. The zero-order valence-electron chi connectivity index (χ0n) is 11.5. The number of amides is 1. The van der Waals surface area contributed by atoms with Crippen LogP contribution in [0.3, 0.4) is 0 Å². The molecule has 0 heterocycles. The first kappa shape index (κ1) is 16.5. The Morgan fingerprint density at radius 1 is 1.09 bits per heavy atom. The maximum absolute atomic E-state index is 12.0. The van der Waals surface area contributed by atoms with E-state index in [9.17, 15) is 4.79 Å². The normalized spacial score (nSPS) is 9.95. The Labute approximate surface area is 143 Å². The summed E-state index contributed by atoms with van der Waals surface area (Å²) in [7, 11) is 1.59. The van der Waals surface area contributed by atoms with Gasteiger partial charge in [-0.3, -0.25) is 10.1 Å². The van der Waals surface area contributed by atoms with Crippen molar-refractivity contribution in [2.45, 2.75) is 0 Å². The molecular formula is C15H12Cl2N2O2S. The number of hydrogen-bond donors (Lipinski definition) is 2. The van der Waals surface area contributed by atoms with E-state index in [0.29, 0.717) is 15.6 Å². The molecule has 1 amide bonds. The lowest BCUT2D eigenvalue weighted by Gasteiger charge is -2.10. The van der Waals surface area contributed by atoms with Crippen LogP contribution in [-0.4, -0.2) is 18.1 Å². The van der Waals surface area contributed by atoms with Gasteiger partial charge in [-0.1, -0.05) is 23.2 Å². The molecule has 0 atom stereocenters. The molecule has 0 aliphatic carbocycles. The molecule has 0 bridgehead atoms. The Morgan fingerprint density at radius 2 is 1.77 bits per heavy atom. The zero-order chi connectivity index (χ0) is 16.1. The molecule has 4 nitrogen and oxygen atoms in total. The van der Waals surface area contributed by atoms with Crippen molar-refractivity contribution in [3.63, 3.8) is 0 Å². The Balaban J connectivity index is 1.98. The van der Waals surface area contributed by atoms with Gasteiger partial charge in [0.05, 0.1) is 17.2 Å². The van der Waals surface area contributed by atoms with Gasteiger partial charge in [0.2, 0.25) is 0 Å². The number of carbonyl (C=O) groups is 1. The molecule has 22 heavy (non-hydrogen) atoms. The summed E-state index contributed by atoms with van der Waals surface area (Å²) in [5, 5.41) is 6.35. The molecule has 2 aromatic carbocycles. The van der Waals surface area contributed by atoms with Gasteiger partial charge in [0.15, 0.2) is 5.11 Å². The van der Waals surface area contributed by atoms with Crippen molar-refractivity contribution in [1.82, 2.24) is 5.32 Å². The van der Waals surface area contributed by atoms with Crippen LogP contribution in [0.5, 0.6) is 5.75 Å². The molecular weight excluding hydrogens is 343 g/mol. The molecule has 0 radical (unpaired) electrons. The third-order valence-corrected chi connectivity index (χ3v) is 3.70. The highest BCUT2D eigenvalue weighted by molar-refractivity contribution is 7.80. The lowest BCUT2D eigenvalue weighted by atomic mass is 10.2. The Morgan fingerprint density at radius 3 is 2.36 bits per heavy atom. The van der Waals surface area contributed by atoms with E-state index in [4.69, 9.17) is 40.2 Å². The number of methoxy groups -OCH3 is 1. The van der Waals surface area contributed by atoms with Gasteiger partial charge in [-0.2, -0.15) is 0 Å². The van der Waals surface area contributed by atoms with E-state index in [1.165, 1.54) is 6.07 Å². The number of rotatable bonds is 3. The van der Waals surface area contributed by atoms with Crippen molar-refractivity contribution < 1.29 is 9.53 Å². The average Bonchev–Trinajstić information content (AvgIpc) is 2.50. The van der Waals surface area contributed by atoms with E-state index in [1.807, 2.05) is 0 Å². The number of anilines is 1. The fourth-order valence-electron chi connectivity index (χ4n) is 1.65. The number of benzene rings is 2. The lowest BCUT2D eigenvalue weighted by molar-refractivity contribution is 0.0978. The number of thiocarbonyl (C=S) groups is 1. The van der Waals surface area contributed by atoms with Crippen molar-refractivity contribution in [3.8, 4) is 5.75 Å². The van der Waals surface area contributed by atoms with Crippen LogP contribution in [0.4, 0.5) is 5.69 Å². The van der Waals surface area contributed by atoms with Gasteiger partial charge in [0, 0.05) is 11.3 Å². The van der Waals surface area contributed by atoms with E-state index >= 15 is 0 Å². The molecule has 2 rings (SSSR count). The van der Waals surface area contributed by atoms with Crippen LogP contribution in [0.2, 0.25) is 10.0 Å². The minimum Gasteiger partial charge on any atom is -0.497 e. The fraction of sp³-hybridized carbons (Fsp3) is 0.0667. The largest absolute Gasteiger partial charge is 0.497 e. The SMILES string of the molecule is COc1ccc(NC(=S)NC(=O)c2ccc(Cl)c(Cl)c2)cc1. The van der Waals surface area contributed by atoms with E-state index in [0.717, 1.165) is 11.4 Å². The third kappa shape index (κ3) is 4.34. The Kier molecular flexibility index (Phi) is 5.60. The standard InChI is InChI=1S/C15H12Cl2N2O2S/c1-21-11-5-3-10(4-6-11)18-15(22)19-14(20)9-2-7-12(16)13(17)8-9/h2-8H,1H3,(H2,18,19,20,22). The molecule has 0 unspecified atom stereocenters. The predicted octanol–water partition coefficient (Wildman–Crippen LogP) is 4.13. The summed E-state index contributed by atoms with van der Waals surface area (Å²) in [4.78, 5) is 12.0. The molecule has 0 aliphatic rings. The second-order valence-electron chi connectivity index (χ2n) is 4.27. The minimum atomic E-state index is -0.371. The highest BCUT2D eigenvalue weighted by Gasteiger charge is 2.10. The van der Waals surface area contributed by atoms with Gasteiger partial charge in [0.1, 0.15) is 5.75 Å². The van der Waals surface area contributed by atoms with Crippen LogP contribution >= 0.6 is 35.4 Å². The van der Waals surface area contributed by atoms with Crippen molar-refractivity contribution in [2.75, 3.05) is 12.4 Å². The summed E-state index contributed by atoms with van der Waals surface area (Å²) in [6, 6.07) is 11.7. The topological polar surface area (TPSA) is 50.4 Å². The molecule has 7 heteroatoms. The zero-order valence-corrected chi connectivity index (χ0v) is 13.9. The minimum absolute atomic E-state index is 0.182. The average molecular weight is 355 g/mol. The maximum Gasteiger partial charge on any atom is 0.257 e. The third-order valence-electron chi connectivity index (χ3n) is 2.76. The van der Waals surface area contributed by atoms with Crippen LogP contribution in [0.1, 0.15) is 10.4 Å². The molecule has 0 saturated heterocycles. The lowest BCUT2D eigenvalue weighted by Crippen LogP contribution is -2.34. The summed E-state index contributed by atoms with van der Waals surface area (Å²) >= 11 is 16.8. The molecule has 2 aromatic rings. The van der Waals surface area contributed by atoms with Gasteiger partial charge in [0.25, 0.3) is 5.91 Å². The van der Waals surface area contributed by atoms with Crippen molar-refractivity contribution in [2.24, 2.45) is 0 Å². The molecule has 0 spiro atoms. The number of hydrogen-bond acceptors (Lipinski definition) is 3. The van der Waals surface area contributed by atoms with Gasteiger partial charge in [-0.15, -0.1) is 0 Å². The summed E-state index contributed by atoms with van der Waals surface area (Å²) in [6.07, 6.45) is 0. The molecule has 0 fully saturated rings. The summed E-state index contributed by atoms with van der Waals surface area (Å²) in [5.41, 5.74) is 1.11. The fourth-order valence-corrected chi connectivity index (χ4v) is 2.16. The van der Waals surface area contributed by atoms with Crippen LogP contribution in [0.25, 0.3) is 0 Å². The summed E-state index contributed by atoms with van der Waals surface area (Å²) in [5.74, 6) is 0.362. The predicted molar refractivity (Wildman–Crippen MR) is 93.1 cm³/mol. The smallest absolute Gasteiger partial charge is 0.257 e. The summed E-state index contributed by atoms with van der Waals surface area (Å²) in [6.45, 7) is 0. The Bertz CT molecular complexity index is 705. The van der Waals surface area contributed by atoms with Crippen LogP contribution in [0, 0.1) is 0 Å². The number of ether oxygens (including phenoxy) is 1. The van der Waals surface area contributed by atoms with Crippen molar-refractivity contribution in [1.29, 1.82) is 0 Å². The van der Waals surface area contributed by atoms with Gasteiger partial charge in [-0.05, 0) is 54.7 Å². The van der Waals surface area contributed by atoms with Gasteiger partial charge < -0.3 is 10.1 Å². The highest BCUT2D eigenvalue weighted by atomic mass is 35.5. The first-order valence-corrected chi connectivity index (χ1v) is 7.37. The second-order valence-corrected chi connectivity index (χ2v) is 5.49. The van der Waals surface area contributed by atoms with Gasteiger partial charge >= 0.3 is 0 Å². The van der Waals surface area contributed by atoms with Crippen LogP contribution in [-0.2, 0) is 0 Å². The number of halogens is 2. The molecule has 0 aromatic heterocycles. The number of nitrogens with one attached hydrogen (secondary N) is 2. The van der Waals surface area contributed by atoms with E-state index in [2.05, 4.69) is 10.6 Å². The molecule has 0 aliphatic heterocycles. The van der Waals surface area contributed by atoms with Crippen LogP contribution in [0.15, 0.2) is 42.5 Å². The van der Waals surface area contributed by atoms with E-state index in [-0.39, 0.29) is 11.0 Å². The van der Waals surface area contributed by atoms with E-state index < -0.39 is 0 Å². The molecule has 0 saturated carbocycles.